The van der Waals surface area contributed by atoms with Crippen molar-refractivity contribution in [2.24, 2.45) is 5.92 Å². The molecule has 0 heterocycles. The van der Waals surface area contributed by atoms with Gasteiger partial charge in [-0.3, -0.25) is 9.59 Å². The molecule has 20 heavy (non-hydrogen) atoms. The number of carbonyl (C=O) groups excluding carboxylic acids is 2. The molecule has 0 aromatic heterocycles. The highest BCUT2D eigenvalue weighted by molar-refractivity contribution is 5.89. The fraction of sp³-hybridized carbons (Fsp3) is 0.375. The smallest absolute Gasteiger partial charge is 0.310 e. The third kappa shape index (κ3) is 4.53. The number of hydrogen-bond donors (Lipinski definition) is 1. The second-order valence-corrected chi connectivity index (χ2v) is 4.93. The van der Waals surface area contributed by atoms with Gasteiger partial charge in [0, 0.05) is 6.08 Å². The van der Waals surface area contributed by atoms with Gasteiger partial charge in [-0.05, 0) is 26.3 Å². The third-order valence-electron chi connectivity index (χ3n) is 2.95. The molecule has 108 valence electrons. The van der Waals surface area contributed by atoms with Crippen LogP contribution in [-0.2, 0) is 14.3 Å². The predicted molar refractivity (Wildman–Crippen MR) is 77.9 cm³/mol. The minimum absolute atomic E-state index is 0.213. The molecule has 4 nitrogen and oxygen atoms in total. The lowest BCUT2D eigenvalue weighted by Crippen LogP contribution is -2.35. The number of nitrogens with one attached hydrogen (secondary N) is 1. The van der Waals surface area contributed by atoms with Gasteiger partial charge in [0.05, 0.1) is 19.1 Å². The zero-order valence-electron chi connectivity index (χ0n) is 12.3. The summed E-state index contributed by atoms with van der Waals surface area (Å²) < 4.78 is 4.77. The second-order valence-electron chi connectivity index (χ2n) is 4.93. The maximum Gasteiger partial charge on any atom is 0.310 e. The van der Waals surface area contributed by atoms with Gasteiger partial charge in [0.15, 0.2) is 0 Å². The molecule has 0 fully saturated rings. The van der Waals surface area contributed by atoms with Gasteiger partial charge in [-0.25, -0.2) is 0 Å². The Kier molecular flexibility index (Phi) is 5.97. The van der Waals surface area contributed by atoms with Crippen LogP contribution in [0.15, 0.2) is 42.0 Å². The molecule has 4 heteroatoms. The lowest BCUT2D eigenvalue weighted by Gasteiger charge is -2.23. The summed E-state index contributed by atoms with van der Waals surface area (Å²) in [4.78, 5) is 23.7. The number of ether oxygens (including phenoxy) is 1. The SMILES string of the molecule is COC(=O)C(C)C(NC(=O)C=C(C)C)c1ccccc1. The Labute approximate surface area is 119 Å². The van der Waals surface area contributed by atoms with Crippen molar-refractivity contribution in [2.45, 2.75) is 26.8 Å². The molecule has 0 saturated carbocycles. The highest BCUT2D eigenvalue weighted by Crippen LogP contribution is 2.23. The first-order valence-electron chi connectivity index (χ1n) is 6.54. The van der Waals surface area contributed by atoms with E-state index in [-0.39, 0.29) is 11.9 Å². The fourth-order valence-corrected chi connectivity index (χ4v) is 1.94. The van der Waals surface area contributed by atoms with E-state index in [4.69, 9.17) is 4.74 Å². The minimum Gasteiger partial charge on any atom is -0.469 e. The lowest BCUT2D eigenvalue weighted by atomic mass is 9.94. The number of methoxy groups -OCH3 is 1. The van der Waals surface area contributed by atoms with E-state index in [0.29, 0.717) is 0 Å². The van der Waals surface area contributed by atoms with Crippen LogP contribution in [-0.4, -0.2) is 19.0 Å². The van der Waals surface area contributed by atoms with Gasteiger partial charge in [0.1, 0.15) is 0 Å². The maximum atomic E-state index is 11.9. The standard InChI is InChI=1S/C16H21NO3/c1-11(2)10-14(18)17-15(12(3)16(19)20-4)13-8-6-5-7-9-13/h5-10,12,15H,1-4H3,(H,17,18). The number of rotatable bonds is 5. The average Bonchev–Trinajstić information content (AvgIpc) is 2.43. The van der Waals surface area contributed by atoms with Crippen LogP contribution in [0.4, 0.5) is 0 Å². The molecule has 1 aromatic rings. The maximum absolute atomic E-state index is 11.9. The molecule has 1 N–H and O–H groups in total. The summed E-state index contributed by atoms with van der Waals surface area (Å²) in [7, 11) is 1.35. The molecule has 0 radical (unpaired) electrons. The molecule has 0 bridgehead atoms. The summed E-state index contributed by atoms with van der Waals surface area (Å²) in [5, 5.41) is 2.86. The normalized spacial score (nSPS) is 13.0. The Hall–Kier alpha value is -2.10. The minimum atomic E-state index is -0.461. The summed E-state index contributed by atoms with van der Waals surface area (Å²) >= 11 is 0. The number of amides is 1. The van der Waals surface area contributed by atoms with Gasteiger partial charge in [0.2, 0.25) is 5.91 Å². The monoisotopic (exact) mass is 275 g/mol. The first kappa shape index (κ1) is 16.0. The Morgan fingerprint density at radius 1 is 1.20 bits per heavy atom. The van der Waals surface area contributed by atoms with E-state index >= 15 is 0 Å². The van der Waals surface area contributed by atoms with Crippen molar-refractivity contribution in [1.29, 1.82) is 0 Å². The van der Waals surface area contributed by atoms with Crippen molar-refractivity contribution < 1.29 is 14.3 Å². The topological polar surface area (TPSA) is 55.4 Å². The van der Waals surface area contributed by atoms with Crippen LogP contribution >= 0.6 is 0 Å². The molecular weight excluding hydrogens is 254 g/mol. The number of esters is 1. The van der Waals surface area contributed by atoms with Crippen LogP contribution in [0.5, 0.6) is 0 Å². The Bertz CT molecular complexity index is 490. The fourth-order valence-electron chi connectivity index (χ4n) is 1.94. The van der Waals surface area contributed by atoms with Gasteiger partial charge in [-0.15, -0.1) is 0 Å². The first-order valence-corrected chi connectivity index (χ1v) is 6.54. The van der Waals surface area contributed by atoms with Crippen molar-refractivity contribution in [3.05, 3.63) is 47.5 Å². The molecule has 1 rings (SSSR count). The number of carbonyl (C=O) groups is 2. The van der Waals surface area contributed by atoms with E-state index in [0.717, 1.165) is 11.1 Å². The van der Waals surface area contributed by atoms with Gasteiger partial charge in [-0.2, -0.15) is 0 Å². The van der Waals surface area contributed by atoms with Crippen LogP contribution < -0.4 is 5.32 Å². The van der Waals surface area contributed by atoms with E-state index in [1.165, 1.54) is 13.2 Å². The van der Waals surface area contributed by atoms with Crippen LogP contribution in [0.25, 0.3) is 0 Å². The van der Waals surface area contributed by atoms with Crippen LogP contribution in [0.1, 0.15) is 32.4 Å². The molecule has 1 amide bonds. The Morgan fingerprint density at radius 3 is 2.30 bits per heavy atom. The van der Waals surface area contributed by atoms with Gasteiger partial charge >= 0.3 is 5.97 Å². The Morgan fingerprint density at radius 2 is 1.80 bits per heavy atom. The van der Waals surface area contributed by atoms with E-state index in [9.17, 15) is 9.59 Å². The number of allylic oxidation sites excluding steroid dienone is 1. The number of hydrogen-bond acceptors (Lipinski definition) is 3. The van der Waals surface area contributed by atoms with E-state index in [1.807, 2.05) is 44.2 Å². The zero-order chi connectivity index (χ0) is 15.1. The summed E-state index contributed by atoms with van der Waals surface area (Å²) in [6.45, 7) is 5.44. The van der Waals surface area contributed by atoms with Gasteiger partial charge in [0.25, 0.3) is 0 Å². The van der Waals surface area contributed by atoms with Crippen molar-refractivity contribution >= 4 is 11.9 Å². The highest BCUT2D eigenvalue weighted by atomic mass is 16.5. The quantitative estimate of drug-likeness (QED) is 0.664. The summed E-state index contributed by atoms with van der Waals surface area (Å²) in [6, 6.07) is 8.99. The van der Waals surface area contributed by atoms with Crippen LogP contribution in [0.2, 0.25) is 0 Å². The lowest BCUT2D eigenvalue weighted by molar-refractivity contribution is -0.146. The average molecular weight is 275 g/mol. The summed E-state index contributed by atoms with van der Waals surface area (Å²) in [5.74, 6) is -1.03. The van der Waals surface area contributed by atoms with Gasteiger partial charge in [-0.1, -0.05) is 35.9 Å². The molecule has 2 atom stereocenters. The third-order valence-corrected chi connectivity index (χ3v) is 2.95. The molecule has 0 aliphatic rings. The number of benzene rings is 1. The molecule has 0 aliphatic carbocycles. The van der Waals surface area contributed by atoms with Crippen molar-refractivity contribution in [3.8, 4) is 0 Å². The summed E-state index contributed by atoms with van der Waals surface area (Å²) in [5.41, 5.74) is 1.78. The van der Waals surface area contributed by atoms with Crippen molar-refractivity contribution in [1.82, 2.24) is 5.32 Å². The highest BCUT2D eigenvalue weighted by Gasteiger charge is 2.27. The molecule has 1 aromatic carbocycles. The van der Waals surface area contributed by atoms with E-state index in [1.54, 1.807) is 6.92 Å². The Balaban J connectivity index is 2.99. The molecule has 2 unspecified atom stereocenters. The molecular formula is C16H21NO3. The van der Waals surface area contributed by atoms with Crippen molar-refractivity contribution in [3.63, 3.8) is 0 Å². The molecule has 0 aliphatic heterocycles. The van der Waals surface area contributed by atoms with Crippen molar-refractivity contribution in [2.75, 3.05) is 7.11 Å². The van der Waals surface area contributed by atoms with Crippen LogP contribution in [0, 0.1) is 5.92 Å². The summed E-state index contributed by atoms with van der Waals surface area (Å²) in [6.07, 6.45) is 1.51. The van der Waals surface area contributed by atoms with E-state index < -0.39 is 12.0 Å². The first-order chi connectivity index (χ1) is 9.45. The molecule has 0 saturated heterocycles. The van der Waals surface area contributed by atoms with Crippen LogP contribution in [0.3, 0.4) is 0 Å². The van der Waals surface area contributed by atoms with Gasteiger partial charge < -0.3 is 10.1 Å². The second kappa shape index (κ2) is 7.48. The van der Waals surface area contributed by atoms with E-state index in [2.05, 4.69) is 5.32 Å². The largest absolute Gasteiger partial charge is 0.469 e. The zero-order valence-corrected chi connectivity index (χ0v) is 12.3. The molecule has 0 spiro atoms. The predicted octanol–water partition coefficient (Wildman–Crippen LogP) is 2.62.